The molecule has 2 aromatic carbocycles. The Bertz CT molecular complexity index is 671. The van der Waals surface area contributed by atoms with Crippen LogP contribution in [0.2, 0.25) is 5.02 Å². The fourth-order valence-electron chi connectivity index (χ4n) is 1.59. The third-order valence-electron chi connectivity index (χ3n) is 2.58. The number of hydrogen-bond donors (Lipinski definition) is 0. The first kappa shape index (κ1) is 14.0. The molecular weight excluding hydrogens is 280 g/mol. The largest absolute Gasteiger partial charge is 0.497 e. The molecule has 102 valence electrons. The summed E-state index contributed by atoms with van der Waals surface area (Å²) in [6.45, 7) is 0. The molecule has 0 aliphatic heterocycles. The molecule has 0 aliphatic carbocycles. The van der Waals surface area contributed by atoms with Crippen molar-refractivity contribution in [1.82, 2.24) is 0 Å². The Morgan fingerprint density at radius 3 is 2.80 bits per heavy atom. The van der Waals surface area contributed by atoms with Gasteiger partial charge in [0.25, 0.3) is 5.69 Å². The normalized spacial score (nSPS) is 10.7. The summed E-state index contributed by atoms with van der Waals surface area (Å²) in [6.07, 6.45) is 1.54. The van der Waals surface area contributed by atoms with Gasteiger partial charge in [-0.3, -0.25) is 15.1 Å². The van der Waals surface area contributed by atoms with Gasteiger partial charge in [-0.15, -0.1) is 0 Å². The van der Waals surface area contributed by atoms with Crippen molar-refractivity contribution in [3.05, 3.63) is 63.2 Å². The van der Waals surface area contributed by atoms with Gasteiger partial charge in [0.2, 0.25) is 0 Å². The Morgan fingerprint density at radius 1 is 1.30 bits per heavy atom. The van der Waals surface area contributed by atoms with E-state index in [2.05, 4.69) is 4.99 Å². The van der Waals surface area contributed by atoms with Crippen LogP contribution in [0, 0.1) is 10.1 Å². The van der Waals surface area contributed by atoms with E-state index in [1.54, 1.807) is 19.2 Å². The van der Waals surface area contributed by atoms with Crippen LogP contribution in [0.15, 0.2) is 47.5 Å². The molecule has 6 heteroatoms. The van der Waals surface area contributed by atoms with Gasteiger partial charge in [-0.05, 0) is 23.8 Å². The van der Waals surface area contributed by atoms with Crippen molar-refractivity contribution < 1.29 is 9.66 Å². The summed E-state index contributed by atoms with van der Waals surface area (Å²) in [7, 11) is 1.57. The van der Waals surface area contributed by atoms with E-state index in [4.69, 9.17) is 16.3 Å². The van der Waals surface area contributed by atoms with Crippen LogP contribution in [-0.2, 0) is 0 Å². The second-order valence-corrected chi connectivity index (χ2v) is 4.33. The van der Waals surface area contributed by atoms with E-state index in [-0.39, 0.29) is 10.7 Å². The fourth-order valence-corrected chi connectivity index (χ4v) is 1.78. The van der Waals surface area contributed by atoms with Crippen LogP contribution in [0.3, 0.4) is 0 Å². The molecule has 2 aromatic rings. The van der Waals surface area contributed by atoms with Gasteiger partial charge in [0.1, 0.15) is 10.8 Å². The summed E-state index contributed by atoms with van der Waals surface area (Å²) in [6, 6.07) is 11.7. The van der Waals surface area contributed by atoms with Gasteiger partial charge in [0.05, 0.1) is 17.7 Å². The van der Waals surface area contributed by atoms with Gasteiger partial charge in [0.15, 0.2) is 0 Å². The van der Waals surface area contributed by atoms with Gasteiger partial charge < -0.3 is 4.74 Å². The number of hydrogen-bond acceptors (Lipinski definition) is 4. The molecule has 0 bridgehead atoms. The minimum atomic E-state index is -0.523. The zero-order valence-electron chi connectivity index (χ0n) is 10.6. The maximum atomic E-state index is 10.8. The number of benzene rings is 2. The van der Waals surface area contributed by atoms with E-state index in [1.807, 2.05) is 18.2 Å². The molecule has 0 aliphatic rings. The maximum absolute atomic E-state index is 10.8. The molecule has 0 spiro atoms. The van der Waals surface area contributed by atoms with Gasteiger partial charge in [-0.1, -0.05) is 23.7 Å². The molecule has 20 heavy (non-hydrogen) atoms. The summed E-state index contributed by atoms with van der Waals surface area (Å²) in [5.41, 5.74) is 1.16. The number of aliphatic imine (C=N–C) groups is 1. The monoisotopic (exact) mass is 290 g/mol. The Kier molecular flexibility index (Phi) is 4.32. The molecule has 5 nitrogen and oxygen atoms in total. The molecule has 0 atom stereocenters. The quantitative estimate of drug-likeness (QED) is 0.485. The highest BCUT2D eigenvalue weighted by Gasteiger charge is 2.11. The van der Waals surface area contributed by atoms with E-state index >= 15 is 0 Å². The predicted octanol–water partition coefficient (Wildman–Crippen LogP) is 4.01. The average Bonchev–Trinajstić information content (AvgIpc) is 2.46. The topological polar surface area (TPSA) is 64.7 Å². The highest BCUT2D eigenvalue weighted by molar-refractivity contribution is 6.32. The molecule has 0 amide bonds. The SMILES string of the molecule is COc1cccc(N=Cc2ccc(Cl)c([N+](=O)[O-])c2)c1. The van der Waals surface area contributed by atoms with Crippen molar-refractivity contribution in [2.75, 3.05) is 7.11 Å². The average molecular weight is 291 g/mol. The van der Waals surface area contributed by atoms with Crippen LogP contribution in [0.4, 0.5) is 11.4 Å². The highest BCUT2D eigenvalue weighted by Crippen LogP contribution is 2.25. The lowest BCUT2D eigenvalue weighted by Crippen LogP contribution is -1.91. The number of nitro groups is 1. The van der Waals surface area contributed by atoms with E-state index in [0.717, 1.165) is 0 Å². The third kappa shape index (κ3) is 3.33. The molecule has 0 saturated carbocycles. The zero-order chi connectivity index (χ0) is 14.5. The zero-order valence-corrected chi connectivity index (χ0v) is 11.4. The number of halogens is 1. The number of nitrogens with zero attached hydrogens (tertiary/aromatic N) is 2. The molecule has 2 rings (SSSR count). The summed E-state index contributed by atoms with van der Waals surface area (Å²) in [5.74, 6) is 0.696. The number of nitro benzene ring substituents is 1. The molecule has 0 heterocycles. The van der Waals surface area contributed by atoms with Crippen LogP contribution in [0.25, 0.3) is 0 Å². The van der Waals surface area contributed by atoms with Crippen LogP contribution >= 0.6 is 11.6 Å². The van der Waals surface area contributed by atoms with Crippen molar-refractivity contribution in [2.45, 2.75) is 0 Å². The molecule has 0 aromatic heterocycles. The Morgan fingerprint density at radius 2 is 2.10 bits per heavy atom. The second kappa shape index (κ2) is 6.16. The Balaban J connectivity index is 2.27. The van der Waals surface area contributed by atoms with Crippen molar-refractivity contribution in [3.8, 4) is 5.75 Å². The lowest BCUT2D eigenvalue weighted by Gasteiger charge is -2.00. The van der Waals surface area contributed by atoms with Crippen molar-refractivity contribution in [1.29, 1.82) is 0 Å². The Labute approximate surface area is 120 Å². The van der Waals surface area contributed by atoms with E-state index in [1.165, 1.54) is 18.3 Å². The van der Waals surface area contributed by atoms with Gasteiger partial charge in [-0.25, -0.2) is 0 Å². The molecule has 0 fully saturated rings. The summed E-state index contributed by atoms with van der Waals surface area (Å²) >= 11 is 5.75. The van der Waals surface area contributed by atoms with Crippen LogP contribution in [-0.4, -0.2) is 18.2 Å². The van der Waals surface area contributed by atoms with Crippen LogP contribution in [0.1, 0.15) is 5.56 Å². The van der Waals surface area contributed by atoms with Gasteiger partial charge >= 0.3 is 0 Å². The van der Waals surface area contributed by atoms with Gasteiger partial charge in [0, 0.05) is 18.3 Å². The number of methoxy groups -OCH3 is 1. The maximum Gasteiger partial charge on any atom is 0.288 e. The number of ether oxygens (including phenoxy) is 1. The lowest BCUT2D eigenvalue weighted by molar-refractivity contribution is -0.384. The molecule has 0 unspecified atom stereocenters. The third-order valence-corrected chi connectivity index (χ3v) is 2.90. The van der Waals surface area contributed by atoms with Crippen molar-refractivity contribution >= 4 is 29.2 Å². The smallest absolute Gasteiger partial charge is 0.288 e. The Hall–Kier alpha value is -2.40. The minimum absolute atomic E-state index is 0.105. The van der Waals surface area contributed by atoms with Gasteiger partial charge in [-0.2, -0.15) is 0 Å². The predicted molar refractivity (Wildman–Crippen MR) is 78.4 cm³/mol. The first-order valence-electron chi connectivity index (χ1n) is 5.72. The summed E-state index contributed by atoms with van der Waals surface area (Å²) in [5, 5.41) is 10.9. The fraction of sp³-hybridized carbons (Fsp3) is 0.0714. The number of rotatable bonds is 4. The standard InChI is InChI=1S/C14H11ClN2O3/c1-20-12-4-2-3-11(8-12)16-9-10-5-6-13(15)14(7-10)17(18)19/h2-9H,1H3. The van der Waals surface area contributed by atoms with Crippen molar-refractivity contribution in [2.24, 2.45) is 4.99 Å². The van der Waals surface area contributed by atoms with Crippen LogP contribution in [0.5, 0.6) is 5.75 Å². The molecular formula is C14H11ClN2O3. The summed E-state index contributed by atoms with van der Waals surface area (Å²) in [4.78, 5) is 14.5. The molecule has 0 N–H and O–H groups in total. The van der Waals surface area contributed by atoms with Crippen molar-refractivity contribution in [3.63, 3.8) is 0 Å². The van der Waals surface area contributed by atoms with Crippen LogP contribution < -0.4 is 4.74 Å². The first-order valence-corrected chi connectivity index (χ1v) is 6.10. The molecule has 0 radical (unpaired) electrons. The highest BCUT2D eigenvalue weighted by atomic mass is 35.5. The first-order chi connectivity index (χ1) is 9.60. The summed E-state index contributed by atoms with van der Waals surface area (Å²) < 4.78 is 5.09. The molecule has 0 saturated heterocycles. The van der Waals surface area contributed by atoms with E-state index in [0.29, 0.717) is 17.0 Å². The van der Waals surface area contributed by atoms with E-state index < -0.39 is 4.92 Å². The van der Waals surface area contributed by atoms with E-state index in [9.17, 15) is 10.1 Å². The lowest BCUT2D eigenvalue weighted by atomic mass is 10.2. The minimum Gasteiger partial charge on any atom is -0.497 e. The second-order valence-electron chi connectivity index (χ2n) is 3.93.